The standard InChI is InChI=1S/C22H29N3O2/c1-21(10-4-5-11-21)20(27)25-14-16-12-22(25,13-16)15-23-19(26)17-6-8-18(9-7-17)24(2)3/h4-9,16H,10-15H2,1-3H3,(H,23,26). The van der Waals surface area contributed by atoms with Crippen LogP contribution in [-0.4, -0.2) is 49.4 Å². The number of allylic oxidation sites excluding steroid dienone is 2. The fourth-order valence-corrected chi connectivity index (χ4v) is 4.88. The number of amides is 2. The number of fused-ring (bicyclic) bond motifs is 1. The van der Waals surface area contributed by atoms with Gasteiger partial charge in [0.05, 0.1) is 11.0 Å². The predicted octanol–water partition coefficient (Wildman–Crippen LogP) is 2.83. The first kappa shape index (κ1) is 18.1. The van der Waals surface area contributed by atoms with Gasteiger partial charge in [-0.2, -0.15) is 0 Å². The van der Waals surface area contributed by atoms with E-state index in [1.165, 1.54) is 0 Å². The third-order valence-electron chi connectivity index (χ3n) is 6.64. The molecular weight excluding hydrogens is 338 g/mol. The third kappa shape index (κ3) is 3.03. The van der Waals surface area contributed by atoms with Gasteiger partial charge in [-0.25, -0.2) is 0 Å². The zero-order chi connectivity index (χ0) is 19.2. The van der Waals surface area contributed by atoms with Crippen molar-refractivity contribution in [2.75, 3.05) is 32.1 Å². The highest BCUT2D eigenvalue weighted by molar-refractivity contribution is 5.94. The lowest BCUT2D eigenvalue weighted by Gasteiger charge is -2.44. The fraction of sp³-hybridized carbons (Fsp3) is 0.545. The molecule has 5 heteroatoms. The predicted molar refractivity (Wildman–Crippen MR) is 107 cm³/mol. The summed E-state index contributed by atoms with van der Waals surface area (Å²) in [6, 6.07) is 7.61. The first-order chi connectivity index (χ1) is 12.8. The quantitative estimate of drug-likeness (QED) is 0.814. The van der Waals surface area contributed by atoms with Crippen LogP contribution in [0.5, 0.6) is 0 Å². The SMILES string of the molecule is CN(C)c1ccc(C(=O)NCC23CC(CN2C(=O)C2(C)CC=CC2)C3)cc1. The van der Waals surface area contributed by atoms with Crippen LogP contribution in [0.25, 0.3) is 0 Å². The molecule has 1 saturated carbocycles. The number of carbonyl (C=O) groups is 2. The number of benzene rings is 1. The summed E-state index contributed by atoms with van der Waals surface area (Å²) in [7, 11) is 3.96. The summed E-state index contributed by atoms with van der Waals surface area (Å²) in [6.45, 7) is 3.47. The van der Waals surface area contributed by atoms with Crippen molar-refractivity contribution in [1.82, 2.24) is 10.2 Å². The van der Waals surface area contributed by atoms with Gasteiger partial charge in [-0.1, -0.05) is 19.1 Å². The molecule has 2 aliphatic carbocycles. The Morgan fingerprint density at radius 3 is 2.37 bits per heavy atom. The molecule has 3 fully saturated rings. The third-order valence-corrected chi connectivity index (χ3v) is 6.64. The van der Waals surface area contributed by atoms with E-state index in [1.807, 2.05) is 43.3 Å². The summed E-state index contributed by atoms with van der Waals surface area (Å²) in [4.78, 5) is 29.9. The minimum Gasteiger partial charge on any atom is -0.378 e. The van der Waals surface area contributed by atoms with Gasteiger partial charge in [0.2, 0.25) is 5.91 Å². The smallest absolute Gasteiger partial charge is 0.251 e. The van der Waals surface area contributed by atoms with Crippen LogP contribution in [0.3, 0.4) is 0 Å². The first-order valence-electron chi connectivity index (χ1n) is 9.86. The summed E-state index contributed by atoms with van der Waals surface area (Å²) in [5.41, 5.74) is 1.26. The van der Waals surface area contributed by atoms with Crippen LogP contribution in [0.1, 0.15) is 43.0 Å². The average Bonchev–Trinajstić information content (AvgIpc) is 3.32. The van der Waals surface area contributed by atoms with Crippen molar-refractivity contribution in [3.05, 3.63) is 42.0 Å². The second-order valence-corrected chi connectivity index (χ2v) is 8.98. The van der Waals surface area contributed by atoms with Crippen LogP contribution in [0.2, 0.25) is 0 Å². The Bertz CT molecular complexity index is 767. The van der Waals surface area contributed by atoms with Gasteiger partial charge in [0.1, 0.15) is 0 Å². The van der Waals surface area contributed by atoms with Gasteiger partial charge < -0.3 is 15.1 Å². The van der Waals surface area contributed by atoms with Crippen LogP contribution in [0, 0.1) is 11.3 Å². The van der Waals surface area contributed by atoms with E-state index in [1.54, 1.807) is 0 Å². The van der Waals surface area contributed by atoms with E-state index < -0.39 is 0 Å². The molecule has 1 aromatic rings. The lowest BCUT2D eigenvalue weighted by Crippen LogP contribution is -2.58. The summed E-state index contributed by atoms with van der Waals surface area (Å²) in [5, 5.41) is 3.09. The lowest BCUT2D eigenvalue weighted by molar-refractivity contribution is -0.144. The Hall–Kier alpha value is -2.30. The topological polar surface area (TPSA) is 52.7 Å². The fourth-order valence-electron chi connectivity index (χ4n) is 4.88. The Morgan fingerprint density at radius 1 is 1.15 bits per heavy atom. The maximum atomic E-state index is 13.2. The summed E-state index contributed by atoms with van der Waals surface area (Å²) >= 11 is 0. The number of anilines is 1. The average molecular weight is 367 g/mol. The molecule has 27 heavy (non-hydrogen) atoms. The molecule has 5 nitrogen and oxygen atoms in total. The molecule has 0 unspecified atom stereocenters. The molecule has 0 radical (unpaired) electrons. The van der Waals surface area contributed by atoms with E-state index in [0.717, 1.165) is 37.9 Å². The minimum absolute atomic E-state index is 0.0637. The Morgan fingerprint density at radius 2 is 1.78 bits per heavy atom. The van der Waals surface area contributed by atoms with Crippen LogP contribution in [-0.2, 0) is 4.79 Å². The highest BCUT2D eigenvalue weighted by atomic mass is 16.2. The zero-order valence-electron chi connectivity index (χ0n) is 16.5. The second kappa shape index (κ2) is 6.39. The van der Waals surface area contributed by atoms with Gasteiger partial charge in [0.25, 0.3) is 5.91 Å². The molecule has 5 rings (SSSR count). The molecule has 0 spiro atoms. The maximum absolute atomic E-state index is 13.2. The van der Waals surface area contributed by atoms with E-state index >= 15 is 0 Å². The number of carbonyl (C=O) groups excluding carboxylic acids is 2. The van der Waals surface area contributed by atoms with Gasteiger partial charge in [0, 0.05) is 38.4 Å². The van der Waals surface area contributed by atoms with Crippen molar-refractivity contribution in [1.29, 1.82) is 0 Å². The molecule has 0 aromatic heterocycles. The Kier molecular flexibility index (Phi) is 4.28. The van der Waals surface area contributed by atoms with Crippen molar-refractivity contribution in [3.8, 4) is 0 Å². The van der Waals surface area contributed by atoms with Gasteiger partial charge in [-0.05, 0) is 55.9 Å². The minimum atomic E-state index is -0.295. The van der Waals surface area contributed by atoms with E-state index in [4.69, 9.17) is 0 Å². The van der Waals surface area contributed by atoms with Crippen LogP contribution in [0.4, 0.5) is 5.69 Å². The van der Waals surface area contributed by atoms with E-state index in [0.29, 0.717) is 18.0 Å². The normalized spacial score (nSPS) is 27.4. The molecule has 1 N–H and O–H groups in total. The maximum Gasteiger partial charge on any atom is 0.251 e. The molecule has 2 saturated heterocycles. The monoisotopic (exact) mass is 367 g/mol. The van der Waals surface area contributed by atoms with Gasteiger partial charge in [-0.15, -0.1) is 0 Å². The van der Waals surface area contributed by atoms with Crippen molar-refractivity contribution >= 4 is 17.5 Å². The van der Waals surface area contributed by atoms with E-state index in [2.05, 4.69) is 29.3 Å². The van der Waals surface area contributed by atoms with E-state index in [9.17, 15) is 9.59 Å². The zero-order valence-corrected chi connectivity index (χ0v) is 16.5. The molecule has 1 aromatic carbocycles. The molecule has 144 valence electrons. The molecule has 2 heterocycles. The van der Waals surface area contributed by atoms with E-state index in [-0.39, 0.29) is 22.8 Å². The largest absolute Gasteiger partial charge is 0.378 e. The molecule has 4 aliphatic rings. The molecule has 2 bridgehead atoms. The highest BCUT2D eigenvalue weighted by Crippen LogP contribution is 2.52. The summed E-state index contributed by atoms with van der Waals surface area (Å²) in [5.74, 6) is 0.798. The highest BCUT2D eigenvalue weighted by Gasteiger charge is 2.59. The van der Waals surface area contributed by atoms with Crippen molar-refractivity contribution in [2.24, 2.45) is 11.3 Å². The first-order valence-corrected chi connectivity index (χ1v) is 9.86. The van der Waals surface area contributed by atoms with Crippen molar-refractivity contribution in [2.45, 2.75) is 38.1 Å². The summed E-state index contributed by atoms with van der Waals surface area (Å²) in [6.07, 6.45) is 7.92. The van der Waals surface area contributed by atoms with Crippen molar-refractivity contribution in [3.63, 3.8) is 0 Å². The molecule has 2 aliphatic heterocycles. The van der Waals surface area contributed by atoms with Crippen LogP contribution >= 0.6 is 0 Å². The lowest BCUT2D eigenvalue weighted by atomic mass is 9.72. The Balaban J connectivity index is 1.41. The number of nitrogens with zero attached hydrogens (tertiary/aromatic N) is 2. The Labute approximate surface area is 161 Å². The number of nitrogens with one attached hydrogen (secondary N) is 1. The summed E-state index contributed by atoms with van der Waals surface area (Å²) < 4.78 is 0. The number of hydrogen-bond donors (Lipinski definition) is 1. The van der Waals surface area contributed by atoms with Gasteiger partial charge in [-0.3, -0.25) is 9.59 Å². The van der Waals surface area contributed by atoms with Gasteiger partial charge >= 0.3 is 0 Å². The number of hydrogen-bond acceptors (Lipinski definition) is 3. The van der Waals surface area contributed by atoms with Crippen molar-refractivity contribution < 1.29 is 9.59 Å². The molecule has 2 amide bonds. The second-order valence-electron chi connectivity index (χ2n) is 8.98. The van der Waals surface area contributed by atoms with Crippen LogP contribution in [0.15, 0.2) is 36.4 Å². The van der Waals surface area contributed by atoms with Crippen LogP contribution < -0.4 is 10.2 Å². The molecular formula is C22H29N3O2. The number of rotatable bonds is 5. The van der Waals surface area contributed by atoms with Gasteiger partial charge in [0.15, 0.2) is 0 Å². The molecule has 0 atom stereocenters.